The number of nitrogens with one attached hydrogen (secondary N) is 1. The molecule has 37 heavy (non-hydrogen) atoms. The molecule has 6 nitrogen and oxygen atoms in total. The van der Waals surface area contributed by atoms with Crippen molar-refractivity contribution in [2.45, 2.75) is 53.4 Å². The normalized spacial score (nSPS) is 11.2. The van der Waals surface area contributed by atoms with Crippen LogP contribution in [0.15, 0.2) is 78.9 Å². The Morgan fingerprint density at radius 2 is 1.30 bits per heavy atom. The number of methoxy groups -OCH3 is 1. The lowest BCUT2D eigenvalue weighted by atomic mass is 10.0. The van der Waals surface area contributed by atoms with Crippen molar-refractivity contribution in [1.82, 2.24) is 10.2 Å². The number of carbonyl (C=O) groups is 1. The lowest BCUT2D eigenvalue weighted by Crippen LogP contribution is -2.36. The van der Waals surface area contributed by atoms with Crippen molar-refractivity contribution in [3.05, 3.63) is 95.6 Å². The number of benzene rings is 3. The van der Waals surface area contributed by atoms with Gasteiger partial charge in [0.2, 0.25) is 0 Å². The van der Waals surface area contributed by atoms with Gasteiger partial charge in [-0.2, -0.15) is 0 Å². The SMILES string of the molecule is CCC.CCN(CCNC(=O)OC)C(C)c1c(OCc2ccccc2)cccc1OCc1ccccc1. The standard InChI is InChI=1S/C28H34N2O4.C3H8/c1-4-30(19-18-29-28(31)32-3)22(2)27-25(33-20-23-12-7-5-8-13-23)16-11-17-26(27)34-21-24-14-9-6-10-15-24;1-3-2/h5-17,22H,4,18-21H2,1-3H3,(H,29,31);3H2,1-2H3. The average molecular weight is 507 g/mol. The van der Waals surface area contributed by atoms with Crippen molar-refractivity contribution >= 4 is 6.09 Å². The Bertz CT molecular complexity index is 966. The largest absolute Gasteiger partial charge is 0.488 e. The molecular weight excluding hydrogens is 464 g/mol. The summed E-state index contributed by atoms with van der Waals surface area (Å²) in [6.45, 7) is 11.4. The van der Waals surface area contributed by atoms with Gasteiger partial charge in [0.25, 0.3) is 0 Å². The molecule has 6 heteroatoms. The second-order valence-electron chi connectivity index (χ2n) is 8.65. The van der Waals surface area contributed by atoms with Gasteiger partial charge in [-0.15, -0.1) is 0 Å². The van der Waals surface area contributed by atoms with Gasteiger partial charge >= 0.3 is 6.09 Å². The van der Waals surface area contributed by atoms with E-state index in [1.165, 1.54) is 13.5 Å². The van der Waals surface area contributed by atoms with Crippen LogP contribution in [-0.2, 0) is 18.0 Å². The Balaban J connectivity index is 0.00000153. The van der Waals surface area contributed by atoms with Gasteiger partial charge in [0.1, 0.15) is 24.7 Å². The molecule has 3 rings (SSSR count). The van der Waals surface area contributed by atoms with E-state index < -0.39 is 6.09 Å². The number of rotatable bonds is 12. The second-order valence-corrected chi connectivity index (χ2v) is 8.65. The molecule has 0 aliphatic rings. The van der Waals surface area contributed by atoms with Gasteiger partial charge in [0.15, 0.2) is 0 Å². The molecule has 0 spiro atoms. The molecule has 1 amide bonds. The highest BCUT2D eigenvalue weighted by atomic mass is 16.5. The number of hydrogen-bond donors (Lipinski definition) is 1. The fourth-order valence-corrected chi connectivity index (χ4v) is 3.84. The van der Waals surface area contributed by atoms with Crippen molar-refractivity contribution in [1.29, 1.82) is 0 Å². The van der Waals surface area contributed by atoms with Crippen LogP contribution in [0, 0.1) is 0 Å². The second kappa shape index (κ2) is 17.0. The van der Waals surface area contributed by atoms with E-state index in [2.05, 4.69) is 66.9 Å². The van der Waals surface area contributed by atoms with Gasteiger partial charge in [-0.05, 0) is 36.7 Å². The topological polar surface area (TPSA) is 60.0 Å². The number of hydrogen-bond acceptors (Lipinski definition) is 5. The highest BCUT2D eigenvalue weighted by Crippen LogP contribution is 2.37. The molecule has 0 aliphatic heterocycles. The van der Waals surface area contributed by atoms with Crippen LogP contribution in [0.3, 0.4) is 0 Å². The number of amides is 1. The number of likely N-dealkylation sites (N-methyl/N-ethyl adjacent to an activating group) is 1. The summed E-state index contributed by atoms with van der Waals surface area (Å²) in [4.78, 5) is 13.8. The number of alkyl carbamates (subject to hydrolysis) is 1. The van der Waals surface area contributed by atoms with Crippen LogP contribution in [-0.4, -0.2) is 37.7 Å². The minimum Gasteiger partial charge on any atom is -0.488 e. The molecule has 0 aromatic heterocycles. The maximum Gasteiger partial charge on any atom is 0.406 e. The van der Waals surface area contributed by atoms with E-state index in [0.29, 0.717) is 26.3 Å². The molecule has 0 saturated carbocycles. The predicted molar refractivity (Wildman–Crippen MR) is 150 cm³/mol. The van der Waals surface area contributed by atoms with Gasteiger partial charge in [-0.1, -0.05) is 93.9 Å². The molecular formula is C31H42N2O4. The Labute approximate surface area is 222 Å². The van der Waals surface area contributed by atoms with E-state index in [-0.39, 0.29) is 6.04 Å². The Morgan fingerprint density at radius 3 is 1.73 bits per heavy atom. The quantitative estimate of drug-likeness (QED) is 0.287. The van der Waals surface area contributed by atoms with Crippen LogP contribution in [0.2, 0.25) is 0 Å². The van der Waals surface area contributed by atoms with E-state index >= 15 is 0 Å². The van der Waals surface area contributed by atoms with Crippen LogP contribution in [0.25, 0.3) is 0 Å². The molecule has 200 valence electrons. The maximum atomic E-state index is 11.5. The first kappa shape index (κ1) is 29.7. The van der Waals surface area contributed by atoms with Crippen LogP contribution < -0.4 is 14.8 Å². The van der Waals surface area contributed by atoms with Gasteiger partial charge in [-0.3, -0.25) is 4.90 Å². The molecule has 0 heterocycles. The van der Waals surface area contributed by atoms with Crippen LogP contribution in [0.1, 0.15) is 56.8 Å². The highest BCUT2D eigenvalue weighted by Gasteiger charge is 2.23. The summed E-state index contributed by atoms with van der Waals surface area (Å²) >= 11 is 0. The summed E-state index contributed by atoms with van der Waals surface area (Å²) in [5.74, 6) is 1.59. The van der Waals surface area contributed by atoms with Crippen molar-refractivity contribution in [3.63, 3.8) is 0 Å². The van der Waals surface area contributed by atoms with E-state index in [9.17, 15) is 4.79 Å². The van der Waals surface area contributed by atoms with Crippen molar-refractivity contribution in [3.8, 4) is 11.5 Å². The van der Waals surface area contributed by atoms with Gasteiger partial charge in [-0.25, -0.2) is 4.79 Å². The zero-order valence-corrected chi connectivity index (χ0v) is 22.9. The fourth-order valence-electron chi connectivity index (χ4n) is 3.84. The summed E-state index contributed by atoms with van der Waals surface area (Å²) < 4.78 is 17.3. The predicted octanol–water partition coefficient (Wildman–Crippen LogP) is 7.00. The fraction of sp³-hybridized carbons (Fsp3) is 0.387. The molecule has 3 aromatic carbocycles. The number of nitrogens with zero attached hydrogens (tertiary/aromatic N) is 1. The molecule has 3 aromatic rings. The first-order chi connectivity index (χ1) is 18.0. The minimum atomic E-state index is -0.429. The van der Waals surface area contributed by atoms with Crippen molar-refractivity contribution < 1.29 is 19.0 Å². The lowest BCUT2D eigenvalue weighted by Gasteiger charge is -2.30. The monoisotopic (exact) mass is 506 g/mol. The number of ether oxygens (including phenoxy) is 3. The third kappa shape index (κ3) is 10.2. The third-order valence-electron chi connectivity index (χ3n) is 5.73. The number of carbonyl (C=O) groups excluding carboxylic acids is 1. The summed E-state index contributed by atoms with van der Waals surface area (Å²) in [6, 6.07) is 26.2. The average Bonchev–Trinajstić information content (AvgIpc) is 2.94. The third-order valence-corrected chi connectivity index (χ3v) is 5.73. The molecule has 1 N–H and O–H groups in total. The van der Waals surface area contributed by atoms with Gasteiger partial charge < -0.3 is 19.5 Å². The summed E-state index contributed by atoms with van der Waals surface area (Å²) in [5, 5.41) is 2.76. The Kier molecular flexibility index (Phi) is 13.7. The van der Waals surface area contributed by atoms with Gasteiger partial charge in [0.05, 0.1) is 12.7 Å². The van der Waals surface area contributed by atoms with Crippen LogP contribution >= 0.6 is 0 Å². The summed E-state index contributed by atoms with van der Waals surface area (Å²) in [6.07, 6.45) is 0.821. The molecule has 1 atom stereocenters. The Hall–Kier alpha value is -3.51. The van der Waals surface area contributed by atoms with Gasteiger partial charge in [0, 0.05) is 19.1 Å². The van der Waals surface area contributed by atoms with E-state index in [1.54, 1.807) is 0 Å². The van der Waals surface area contributed by atoms with Crippen molar-refractivity contribution in [2.24, 2.45) is 0 Å². The molecule has 0 fully saturated rings. The molecule has 0 aliphatic carbocycles. The molecule has 0 saturated heterocycles. The first-order valence-electron chi connectivity index (χ1n) is 13.1. The summed E-state index contributed by atoms with van der Waals surface area (Å²) in [7, 11) is 1.37. The smallest absolute Gasteiger partial charge is 0.406 e. The maximum absolute atomic E-state index is 11.5. The zero-order chi connectivity index (χ0) is 26.9. The minimum absolute atomic E-state index is 0.00203. The molecule has 1 unspecified atom stereocenters. The van der Waals surface area contributed by atoms with Crippen LogP contribution in [0.4, 0.5) is 4.79 Å². The lowest BCUT2D eigenvalue weighted by molar-refractivity contribution is 0.164. The van der Waals surface area contributed by atoms with Crippen molar-refractivity contribution in [2.75, 3.05) is 26.7 Å². The van der Waals surface area contributed by atoms with E-state index in [4.69, 9.17) is 9.47 Å². The first-order valence-corrected chi connectivity index (χ1v) is 13.1. The molecule has 0 bridgehead atoms. The summed E-state index contributed by atoms with van der Waals surface area (Å²) in [5.41, 5.74) is 3.20. The van der Waals surface area contributed by atoms with E-state index in [1.807, 2.05) is 54.6 Å². The molecule has 0 radical (unpaired) electrons. The van der Waals surface area contributed by atoms with Crippen LogP contribution in [0.5, 0.6) is 11.5 Å². The highest BCUT2D eigenvalue weighted by molar-refractivity contribution is 5.66. The zero-order valence-electron chi connectivity index (χ0n) is 22.9. The Morgan fingerprint density at radius 1 is 0.811 bits per heavy atom. The van der Waals surface area contributed by atoms with E-state index in [0.717, 1.165) is 34.7 Å².